The van der Waals surface area contributed by atoms with Crippen molar-refractivity contribution in [2.45, 2.75) is 37.2 Å². The van der Waals surface area contributed by atoms with Gasteiger partial charge in [0, 0.05) is 32.5 Å². The fourth-order valence-corrected chi connectivity index (χ4v) is 2.73. The average molecular weight is 245 g/mol. The number of hydrogen-bond acceptors (Lipinski definition) is 5. The lowest BCUT2D eigenvalue weighted by atomic mass is 9.86. The first kappa shape index (κ1) is 13.2. The van der Waals surface area contributed by atoms with E-state index in [1.165, 1.54) is 0 Å². The number of methoxy groups -OCH3 is 1. The van der Waals surface area contributed by atoms with E-state index in [0.29, 0.717) is 19.8 Å². The monoisotopic (exact) mass is 245 g/mol. The van der Waals surface area contributed by atoms with Crippen LogP contribution in [-0.2, 0) is 14.2 Å². The number of aliphatic hydroxyl groups is 1. The van der Waals surface area contributed by atoms with Gasteiger partial charge in [-0.1, -0.05) is 0 Å². The van der Waals surface area contributed by atoms with E-state index < -0.39 is 5.79 Å². The topological polar surface area (TPSA) is 51.2 Å². The summed E-state index contributed by atoms with van der Waals surface area (Å²) in [5.74, 6) is -0.439. The van der Waals surface area contributed by atoms with Gasteiger partial charge >= 0.3 is 0 Å². The summed E-state index contributed by atoms with van der Waals surface area (Å²) >= 11 is 0. The van der Waals surface area contributed by atoms with Crippen molar-refractivity contribution in [3.63, 3.8) is 0 Å². The standard InChI is InChI=1S/C12H23NO4/c1-13(5-6-15-2)10-9-12(4-3-11(10)14)16-7-8-17-12/h10-11,14H,3-9H2,1-2H3. The molecular weight excluding hydrogens is 222 g/mol. The van der Waals surface area contributed by atoms with Gasteiger partial charge in [0.25, 0.3) is 0 Å². The highest BCUT2D eigenvalue weighted by Gasteiger charge is 2.45. The highest BCUT2D eigenvalue weighted by molar-refractivity contribution is 4.92. The summed E-state index contributed by atoms with van der Waals surface area (Å²) in [5.41, 5.74) is 0. The van der Waals surface area contributed by atoms with Gasteiger partial charge in [-0.3, -0.25) is 4.90 Å². The van der Waals surface area contributed by atoms with E-state index in [1.807, 2.05) is 7.05 Å². The highest BCUT2D eigenvalue weighted by atomic mass is 16.7. The van der Waals surface area contributed by atoms with Crippen molar-refractivity contribution in [2.24, 2.45) is 0 Å². The zero-order chi connectivity index (χ0) is 12.3. The predicted octanol–water partition coefficient (Wildman–Crippen LogP) is 0.221. The molecule has 2 rings (SSSR count). The zero-order valence-corrected chi connectivity index (χ0v) is 10.7. The molecular formula is C12H23NO4. The van der Waals surface area contributed by atoms with Crippen LogP contribution in [0.15, 0.2) is 0 Å². The Kier molecular flexibility index (Phi) is 4.38. The van der Waals surface area contributed by atoms with Crippen LogP contribution in [-0.4, -0.2) is 68.5 Å². The van der Waals surface area contributed by atoms with Crippen molar-refractivity contribution < 1.29 is 19.3 Å². The second-order valence-corrected chi connectivity index (χ2v) is 4.96. The first-order valence-electron chi connectivity index (χ1n) is 6.32. The van der Waals surface area contributed by atoms with E-state index in [4.69, 9.17) is 14.2 Å². The number of nitrogens with zero attached hydrogens (tertiary/aromatic N) is 1. The molecule has 1 spiro atoms. The molecule has 0 aromatic rings. The summed E-state index contributed by atoms with van der Waals surface area (Å²) < 4.78 is 16.5. The molecule has 100 valence electrons. The van der Waals surface area contributed by atoms with Gasteiger partial charge in [-0.2, -0.15) is 0 Å². The fourth-order valence-electron chi connectivity index (χ4n) is 2.73. The van der Waals surface area contributed by atoms with Crippen LogP contribution in [0.2, 0.25) is 0 Å². The first-order chi connectivity index (χ1) is 8.17. The molecule has 0 aromatic heterocycles. The molecule has 5 heteroatoms. The summed E-state index contributed by atoms with van der Waals surface area (Å²) in [5, 5.41) is 10.1. The van der Waals surface area contributed by atoms with Crippen molar-refractivity contribution >= 4 is 0 Å². The first-order valence-corrected chi connectivity index (χ1v) is 6.32. The molecule has 1 heterocycles. The lowest BCUT2D eigenvalue weighted by Gasteiger charge is -2.42. The summed E-state index contributed by atoms with van der Waals surface area (Å²) in [4.78, 5) is 2.14. The second-order valence-electron chi connectivity index (χ2n) is 4.96. The van der Waals surface area contributed by atoms with Crippen molar-refractivity contribution in [1.29, 1.82) is 0 Å². The Balaban J connectivity index is 1.94. The van der Waals surface area contributed by atoms with Crippen LogP contribution in [0.5, 0.6) is 0 Å². The van der Waals surface area contributed by atoms with Gasteiger partial charge in [-0.05, 0) is 13.5 Å². The Morgan fingerprint density at radius 2 is 2.12 bits per heavy atom. The van der Waals surface area contributed by atoms with E-state index >= 15 is 0 Å². The van der Waals surface area contributed by atoms with Gasteiger partial charge in [-0.25, -0.2) is 0 Å². The molecule has 0 aromatic carbocycles. The van der Waals surface area contributed by atoms with E-state index in [9.17, 15) is 5.11 Å². The highest BCUT2D eigenvalue weighted by Crippen LogP contribution is 2.37. The molecule has 1 aliphatic carbocycles. The smallest absolute Gasteiger partial charge is 0.170 e. The SMILES string of the molecule is COCCN(C)C1CC2(CCC1O)OCCO2. The molecule has 0 amide bonds. The van der Waals surface area contributed by atoms with Crippen LogP contribution in [0, 0.1) is 0 Å². The van der Waals surface area contributed by atoms with Crippen LogP contribution in [0.4, 0.5) is 0 Å². The number of rotatable bonds is 4. The van der Waals surface area contributed by atoms with Gasteiger partial charge in [0.15, 0.2) is 5.79 Å². The maximum absolute atomic E-state index is 10.1. The van der Waals surface area contributed by atoms with E-state index in [2.05, 4.69) is 4.90 Å². The van der Waals surface area contributed by atoms with Gasteiger partial charge < -0.3 is 19.3 Å². The van der Waals surface area contributed by atoms with Crippen molar-refractivity contribution in [3.8, 4) is 0 Å². The summed E-state index contributed by atoms with van der Waals surface area (Å²) in [6.45, 7) is 2.83. The fraction of sp³-hybridized carbons (Fsp3) is 1.00. The van der Waals surface area contributed by atoms with Gasteiger partial charge in [0.05, 0.1) is 25.9 Å². The van der Waals surface area contributed by atoms with E-state index in [-0.39, 0.29) is 12.1 Å². The van der Waals surface area contributed by atoms with Crippen LogP contribution in [0.25, 0.3) is 0 Å². The summed E-state index contributed by atoms with van der Waals surface area (Å²) in [7, 11) is 3.71. The Morgan fingerprint density at radius 3 is 2.76 bits per heavy atom. The molecule has 1 N–H and O–H groups in total. The molecule has 1 aliphatic heterocycles. The third-order valence-electron chi connectivity index (χ3n) is 3.81. The zero-order valence-electron chi connectivity index (χ0n) is 10.7. The van der Waals surface area contributed by atoms with Crippen LogP contribution in [0.3, 0.4) is 0 Å². The molecule has 2 unspecified atom stereocenters. The van der Waals surface area contributed by atoms with Crippen LogP contribution < -0.4 is 0 Å². The Morgan fingerprint density at radius 1 is 1.41 bits per heavy atom. The molecule has 0 bridgehead atoms. The average Bonchev–Trinajstić information content (AvgIpc) is 2.78. The Labute approximate surface area is 103 Å². The van der Waals surface area contributed by atoms with Crippen LogP contribution in [0.1, 0.15) is 19.3 Å². The van der Waals surface area contributed by atoms with Gasteiger partial charge in [0.1, 0.15) is 0 Å². The molecule has 2 atom stereocenters. The molecule has 1 saturated heterocycles. The van der Waals surface area contributed by atoms with E-state index in [1.54, 1.807) is 7.11 Å². The number of hydrogen-bond donors (Lipinski definition) is 1. The maximum atomic E-state index is 10.1. The minimum absolute atomic E-state index is 0.0944. The van der Waals surface area contributed by atoms with Crippen molar-refractivity contribution in [1.82, 2.24) is 4.90 Å². The minimum atomic E-state index is -0.439. The molecule has 2 aliphatic rings. The second kappa shape index (κ2) is 5.63. The number of aliphatic hydroxyl groups excluding tert-OH is 1. The minimum Gasteiger partial charge on any atom is -0.391 e. The number of likely N-dealkylation sites (N-methyl/N-ethyl adjacent to an activating group) is 1. The molecule has 2 fully saturated rings. The molecule has 17 heavy (non-hydrogen) atoms. The Hall–Kier alpha value is -0.200. The van der Waals surface area contributed by atoms with Gasteiger partial charge in [0.2, 0.25) is 0 Å². The third kappa shape index (κ3) is 2.98. The quantitative estimate of drug-likeness (QED) is 0.768. The maximum Gasteiger partial charge on any atom is 0.170 e. The third-order valence-corrected chi connectivity index (χ3v) is 3.81. The van der Waals surface area contributed by atoms with E-state index in [0.717, 1.165) is 25.8 Å². The lowest BCUT2D eigenvalue weighted by molar-refractivity contribution is -0.204. The normalized spacial score (nSPS) is 32.5. The molecule has 0 radical (unpaired) electrons. The summed E-state index contributed by atoms with van der Waals surface area (Å²) in [6.07, 6.45) is 1.98. The van der Waals surface area contributed by atoms with Gasteiger partial charge in [-0.15, -0.1) is 0 Å². The Bertz CT molecular complexity index is 243. The molecule has 5 nitrogen and oxygen atoms in total. The number of ether oxygens (including phenoxy) is 3. The van der Waals surface area contributed by atoms with Crippen molar-refractivity contribution in [3.05, 3.63) is 0 Å². The predicted molar refractivity (Wildman–Crippen MR) is 62.8 cm³/mol. The largest absolute Gasteiger partial charge is 0.391 e. The lowest BCUT2D eigenvalue weighted by Crippen LogP contribution is -2.52. The van der Waals surface area contributed by atoms with Crippen LogP contribution >= 0.6 is 0 Å². The summed E-state index contributed by atoms with van der Waals surface area (Å²) in [6, 6.07) is 0.0944. The molecule has 1 saturated carbocycles. The van der Waals surface area contributed by atoms with Crippen molar-refractivity contribution in [2.75, 3.05) is 40.5 Å².